The Morgan fingerprint density at radius 3 is 1.53 bits per heavy atom. The molecule has 0 aromatic heterocycles. The van der Waals surface area contributed by atoms with Crippen LogP contribution >= 0.6 is 7.82 Å². The number of nitrogens with zero attached hydrogens (tertiary/aromatic N) is 1. The molecule has 0 radical (unpaired) electrons. The summed E-state index contributed by atoms with van der Waals surface area (Å²) in [4.78, 5) is 37.4. The summed E-state index contributed by atoms with van der Waals surface area (Å²) in [6.45, 7) is 4.09. The van der Waals surface area contributed by atoms with Crippen LogP contribution in [0.5, 0.6) is 0 Å². The summed E-state index contributed by atoms with van der Waals surface area (Å²) in [6.07, 6.45) is 44.0. The molecule has 0 aliphatic rings. The van der Waals surface area contributed by atoms with Crippen LogP contribution in [-0.2, 0) is 32.7 Å². The first-order valence-electron chi connectivity index (χ1n) is 21.5. The molecule has 55 heavy (non-hydrogen) atoms. The maximum Gasteiger partial charge on any atom is 0.306 e. The third-order valence-electron chi connectivity index (χ3n) is 8.80. The largest absolute Gasteiger partial charge is 0.756 e. The summed E-state index contributed by atoms with van der Waals surface area (Å²) in [6, 6.07) is 0. The SMILES string of the molecule is CCCCC/C=C\C/C=C\C/C=C\C/C=C\C/C=C\CCC(=O)OC[C@H](COP(=O)([O-])OCC[N+](C)(C)C)OC(=O)CCCCCCCCCCCCCC. The summed E-state index contributed by atoms with van der Waals surface area (Å²) < 4.78 is 33.7. The molecule has 0 amide bonds. The lowest BCUT2D eigenvalue weighted by molar-refractivity contribution is -0.870. The molecular weight excluding hydrogens is 713 g/mol. The van der Waals surface area contributed by atoms with Crippen molar-refractivity contribution < 1.29 is 42.1 Å². The Kier molecular flexibility index (Phi) is 35.7. The first-order chi connectivity index (χ1) is 26.5. The molecule has 318 valence electrons. The van der Waals surface area contributed by atoms with Gasteiger partial charge in [0.15, 0.2) is 6.10 Å². The zero-order chi connectivity index (χ0) is 40.7. The maximum atomic E-state index is 12.6. The molecule has 0 saturated carbocycles. The molecule has 0 bridgehead atoms. The Balaban J connectivity index is 4.49. The zero-order valence-corrected chi connectivity index (χ0v) is 36.5. The molecule has 0 aliphatic carbocycles. The number of carbonyl (C=O) groups is 2. The molecule has 0 fully saturated rings. The number of esters is 2. The molecule has 10 heteroatoms. The van der Waals surface area contributed by atoms with Gasteiger partial charge in [0.1, 0.15) is 19.8 Å². The van der Waals surface area contributed by atoms with Gasteiger partial charge in [0.2, 0.25) is 0 Å². The van der Waals surface area contributed by atoms with Crippen molar-refractivity contribution in [2.75, 3.05) is 47.5 Å². The molecule has 2 atom stereocenters. The number of likely N-dealkylation sites (N-methyl/N-ethyl adjacent to an activating group) is 1. The molecule has 0 heterocycles. The molecule has 0 saturated heterocycles. The second kappa shape index (κ2) is 37.3. The lowest BCUT2D eigenvalue weighted by atomic mass is 10.0. The van der Waals surface area contributed by atoms with Crippen molar-refractivity contribution in [1.29, 1.82) is 0 Å². The molecule has 0 rings (SSSR count). The normalized spacial score (nSPS) is 14.2. The van der Waals surface area contributed by atoms with Gasteiger partial charge >= 0.3 is 11.9 Å². The molecule has 0 spiro atoms. The van der Waals surface area contributed by atoms with Gasteiger partial charge in [-0.3, -0.25) is 14.2 Å². The molecule has 0 aromatic carbocycles. The van der Waals surface area contributed by atoms with E-state index in [1.54, 1.807) is 0 Å². The Hall–Kier alpha value is -2.29. The highest BCUT2D eigenvalue weighted by atomic mass is 31.2. The van der Waals surface area contributed by atoms with Gasteiger partial charge in [-0.15, -0.1) is 0 Å². The van der Waals surface area contributed by atoms with E-state index in [1.807, 2.05) is 33.3 Å². The lowest BCUT2D eigenvalue weighted by Gasteiger charge is -2.28. The van der Waals surface area contributed by atoms with Gasteiger partial charge in [0, 0.05) is 12.8 Å². The summed E-state index contributed by atoms with van der Waals surface area (Å²) in [5.41, 5.74) is 0. The van der Waals surface area contributed by atoms with Gasteiger partial charge in [-0.25, -0.2) is 0 Å². The fraction of sp³-hybridized carbons (Fsp3) is 0.733. The van der Waals surface area contributed by atoms with Crippen molar-refractivity contribution in [3.63, 3.8) is 0 Å². The van der Waals surface area contributed by atoms with Gasteiger partial charge in [-0.05, 0) is 51.4 Å². The second-order valence-corrected chi connectivity index (χ2v) is 16.8. The van der Waals surface area contributed by atoms with Crippen LogP contribution in [0.1, 0.15) is 162 Å². The van der Waals surface area contributed by atoms with E-state index < -0.39 is 32.5 Å². The van der Waals surface area contributed by atoms with E-state index in [2.05, 4.69) is 62.5 Å². The molecule has 9 nitrogen and oxygen atoms in total. The van der Waals surface area contributed by atoms with Crippen LogP contribution in [0.2, 0.25) is 0 Å². The third kappa shape index (κ3) is 41.2. The topological polar surface area (TPSA) is 111 Å². The van der Waals surface area contributed by atoms with Crippen molar-refractivity contribution in [2.24, 2.45) is 0 Å². The van der Waals surface area contributed by atoms with E-state index in [4.69, 9.17) is 18.5 Å². The van der Waals surface area contributed by atoms with E-state index in [0.29, 0.717) is 23.9 Å². The number of unbranched alkanes of at least 4 members (excludes halogenated alkanes) is 14. The van der Waals surface area contributed by atoms with E-state index in [9.17, 15) is 19.0 Å². The van der Waals surface area contributed by atoms with E-state index >= 15 is 0 Å². The minimum absolute atomic E-state index is 0.0430. The van der Waals surface area contributed by atoms with Gasteiger partial charge in [-0.2, -0.15) is 0 Å². The summed E-state index contributed by atoms with van der Waals surface area (Å²) >= 11 is 0. The van der Waals surface area contributed by atoms with Crippen molar-refractivity contribution in [3.8, 4) is 0 Å². The molecule has 0 N–H and O–H groups in total. The zero-order valence-electron chi connectivity index (χ0n) is 35.6. The fourth-order valence-electron chi connectivity index (χ4n) is 5.40. The number of ether oxygens (including phenoxy) is 2. The predicted octanol–water partition coefficient (Wildman–Crippen LogP) is 11.4. The number of carbonyl (C=O) groups excluding carboxylic acids is 2. The number of phosphoric acid groups is 1. The minimum Gasteiger partial charge on any atom is -0.756 e. The highest BCUT2D eigenvalue weighted by Gasteiger charge is 2.21. The summed E-state index contributed by atoms with van der Waals surface area (Å²) in [5.74, 6) is -0.933. The quantitative estimate of drug-likeness (QED) is 0.0200. The van der Waals surface area contributed by atoms with E-state index in [-0.39, 0.29) is 26.1 Å². The fourth-order valence-corrected chi connectivity index (χ4v) is 6.13. The Morgan fingerprint density at radius 2 is 1.02 bits per heavy atom. The predicted molar refractivity (Wildman–Crippen MR) is 226 cm³/mol. The number of rotatable bonds is 38. The number of phosphoric ester groups is 1. The average Bonchev–Trinajstić information content (AvgIpc) is 3.13. The van der Waals surface area contributed by atoms with Crippen LogP contribution in [0.15, 0.2) is 60.8 Å². The van der Waals surface area contributed by atoms with Crippen molar-refractivity contribution in [3.05, 3.63) is 60.8 Å². The Labute approximate surface area is 336 Å². The van der Waals surface area contributed by atoms with Crippen LogP contribution in [0, 0.1) is 0 Å². The van der Waals surface area contributed by atoms with Crippen LogP contribution in [0.25, 0.3) is 0 Å². The smallest absolute Gasteiger partial charge is 0.306 e. The third-order valence-corrected chi connectivity index (χ3v) is 9.77. The van der Waals surface area contributed by atoms with E-state index in [0.717, 1.165) is 44.9 Å². The first-order valence-corrected chi connectivity index (χ1v) is 23.0. The molecule has 0 aliphatic heterocycles. The van der Waals surface area contributed by atoms with Gasteiger partial charge in [0.25, 0.3) is 7.82 Å². The monoisotopic (exact) mass is 794 g/mol. The van der Waals surface area contributed by atoms with Crippen LogP contribution in [-0.4, -0.2) is 70.0 Å². The van der Waals surface area contributed by atoms with Crippen LogP contribution < -0.4 is 4.89 Å². The summed E-state index contributed by atoms with van der Waals surface area (Å²) in [7, 11) is 1.12. The number of allylic oxidation sites excluding steroid dienone is 10. The Bertz CT molecular complexity index is 1120. The highest BCUT2D eigenvalue weighted by molar-refractivity contribution is 7.45. The molecule has 1 unspecified atom stereocenters. The van der Waals surface area contributed by atoms with Crippen molar-refractivity contribution in [1.82, 2.24) is 0 Å². The van der Waals surface area contributed by atoms with Gasteiger partial charge < -0.3 is 27.9 Å². The van der Waals surface area contributed by atoms with Crippen LogP contribution in [0.4, 0.5) is 0 Å². The maximum absolute atomic E-state index is 12.6. The highest BCUT2D eigenvalue weighted by Crippen LogP contribution is 2.38. The molecular formula is C45H80NO8P. The van der Waals surface area contributed by atoms with Gasteiger partial charge in [-0.1, -0.05) is 158 Å². The first kappa shape index (κ1) is 52.7. The molecule has 0 aromatic rings. The van der Waals surface area contributed by atoms with Crippen molar-refractivity contribution in [2.45, 2.75) is 168 Å². The second-order valence-electron chi connectivity index (χ2n) is 15.4. The van der Waals surface area contributed by atoms with Crippen LogP contribution in [0.3, 0.4) is 0 Å². The minimum atomic E-state index is -4.64. The summed E-state index contributed by atoms with van der Waals surface area (Å²) in [5, 5.41) is 0. The standard InChI is InChI=1S/C45H80NO8P/c1-6-8-10-12-14-16-18-20-21-22-23-24-25-26-28-29-31-33-35-37-44(47)51-41-43(42-53-55(49,50)52-40-39-46(3,4)5)54-45(48)38-36-34-32-30-27-19-17-15-13-11-9-7-2/h14,16,20-21,23-24,26,28,31,33,43H,6-13,15,17-19,22,25,27,29-30,32,34-42H2,1-5H3/b16-14-,21-20-,24-23-,28-26-,33-31-/t43-/m1/s1. The number of quaternary nitrogens is 1. The number of hydrogen-bond acceptors (Lipinski definition) is 8. The van der Waals surface area contributed by atoms with Gasteiger partial charge in [0.05, 0.1) is 27.7 Å². The number of hydrogen-bond donors (Lipinski definition) is 0. The lowest BCUT2D eigenvalue weighted by Crippen LogP contribution is -2.37. The van der Waals surface area contributed by atoms with E-state index in [1.165, 1.54) is 77.0 Å². The average molecular weight is 794 g/mol. The van der Waals surface area contributed by atoms with Crippen molar-refractivity contribution >= 4 is 19.8 Å². The Morgan fingerprint density at radius 1 is 0.564 bits per heavy atom.